The van der Waals surface area contributed by atoms with Gasteiger partial charge in [-0.2, -0.15) is 0 Å². The second-order valence-corrected chi connectivity index (χ2v) is 8.43. The minimum Gasteiger partial charge on any atom is -0.480 e. The number of fused-ring (bicyclic) bond motifs is 1. The molecule has 4 nitrogen and oxygen atoms in total. The number of halogens is 2. The predicted molar refractivity (Wildman–Crippen MR) is 127 cm³/mol. The van der Waals surface area contributed by atoms with Crippen LogP contribution in [0.4, 0.5) is 5.69 Å². The van der Waals surface area contributed by atoms with Crippen molar-refractivity contribution < 1.29 is 9.53 Å². The van der Waals surface area contributed by atoms with Gasteiger partial charge in [0.2, 0.25) is 0 Å². The molecule has 0 aliphatic heterocycles. The zero-order valence-electron chi connectivity index (χ0n) is 15.9. The molecule has 0 radical (unpaired) electrons. The van der Waals surface area contributed by atoms with Crippen molar-refractivity contribution in [1.82, 2.24) is 4.98 Å². The molecule has 4 rings (SSSR count). The van der Waals surface area contributed by atoms with Crippen LogP contribution >= 0.6 is 31.9 Å². The molecule has 0 aliphatic carbocycles. The molecule has 1 aromatic heterocycles. The van der Waals surface area contributed by atoms with Crippen molar-refractivity contribution in [2.45, 2.75) is 6.42 Å². The molecule has 0 atom stereocenters. The smallest absolute Gasteiger partial charge is 0.262 e. The Kier molecular flexibility index (Phi) is 6.45. The third kappa shape index (κ3) is 4.71. The standard InChI is InChI=1S/C24H18Br2N2O2/c25-19-14-20(26)24(23-18(19)10-6-12-27-23)30-15-22(29)28-21-11-5-4-9-17(21)13-16-7-2-1-3-8-16/h1-12,14H,13,15H2,(H,28,29). The highest BCUT2D eigenvalue weighted by Gasteiger charge is 2.14. The minimum absolute atomic E-state index is 0.119. The van der Waals surface area contributed by atoms with E-state index in [0.29, 0.717) is 11.3 Å². The number of ether oxygens (including phenoxy) is 1. The highest BCUT2D eigenvalue weighted by atomic mass is 79.9. The van der Waals surface area contributed by atoms with Gasteiger partial charge in [0, 0.05) is 21.7 Å². The molecule has 0 aliphatic rings. The van der Waals surface area contributed by atoms with Crippen LogP contribution in [0.1, 0.15) is 11.1 Å². The Labute approximate surface area is 191 Å². The summed E-state index contributed by atoms with van der Waals surface area (Å²) in [5.41, 5.74) is 3.71. The summed E-state index contributed by atoms with van der Waals surface area (Å²) in [5, 5.41) is 3.89. The number of anilines is 1. The molecule has 4 aromatic rings. The van der Waals surface area contributed by atoms with E-state index >= 15 is 0 Å². The highest BCUT2D eigenvalue weighted by Crippen LogP contribution is 2.37. The third-order valence-electron chi connectivity index (χ3n) is 4.63. The molecule has 0 unspecified atom stereocenters. The summed E-state index contributed by atoms with van der Waals surface area (Å²) in [5.74, 6) is 0.316. The molecule has 0 saturated heterocycles. The maximum absolute atomic E-state index is 12.6. The van der Waals surface area contributed by atoms with Crippen molar-refractivity contribution in [3.05, 3.63) is 99.1 Å². The van der Waals surface area contributed by atoms with Gasteiger partial charge in [-0.15, -0.1) is 0 Å². The SMILES string of the molecule is O=C(COc1c(Br)cc(Br)c2cccnc12)Nc1ccccc1Cc1ccccc1. The zero-order valence-corrected chi connectivity index (χ0v) is 19.1. The van der Waals surface area contributed by atoms with Crippen LogP contribution in [-0.2, 0) is 11.2 Å². The molecule has 3 aromatic carbocycles. The molecular formula is C24H18Br2N2O2. The van der Waals surface area contributed by atoms with Crippen molar-refractivity contribution in [2.75, 3.05) is 11.9 Å². The first kappa shape index (κ1) is 20.6. The summed E-state index contributed by atoms with van der Waals surface area (Å²) in [7, 11) is 0. The Bertz CT molecular complexity index is 1200. The van der Waals surface area contributed by atoms with Crippen LogP contribution in [-0.4, -0.2) is 17.5 Å². The van der Waals surface area contributed by atoms with Crippen molar-refractivity contribution in [3.8, 4) is 5.75 Å². The second-order valence-electron chi connectivity index (χ2n) is 6.73. The van der Waals surface area contributed by atoms with Crippen LogP contribution in [0.5, 0.6) is 5.75 Å². The summed E-state index contributed by atoms with van der Waals surface area (Å²) in [4.78, 5) is 17.0. The third-order valence-corrected chi connectivity index (χ3v) is 5.87. The Hall–Kier alpha value is -2.70. The van der Waals surface area contributed by atoms with Gasteiger partial charge in [0.05, 0.1) is 4.47 Å². The van der Waals surface area contributed by atoms with Crippen LogP contribution < -0.4 is 10.1 Å². The molecular weight excluding hydrogens is 508 g/mol. The number of para-hydroxylation sites is 1. The van der Waals surface area contributed by atoms with Crippen molar-refractivity contribution in [2.24, 2.45) is 0 Å². The molecule has 1 amide bonds. The fourth-order valence-electron chi connectivity index (χ4n) is 3.22. The lowest BCUT2D eigenvalue weighted by Crippen LogP contribution is -2.21. The van der Waals surface area contributed by atoms with Gasteiger partial charge in [-0.3, -0.25) is 9.78 Å². The van der Waals surface area contributed by atoms with Crippen LogP contribution in [0.25, 0.3) is 10.9 Å². The number of pyridine rings is 1. The van der Waals surface area contributed by atoms with Gasteiger partial charge in [-0.25, -0.2) is 0 Å². The number of nitrogens with one attached hydrogen (secondary N) is 1. The molecule has 0 fully saturated rings. The van der Waals surface area contributed by atoms with E-state index in [2.05, 4.69) is 54.3 Å². The van der Waals surface area contributed by atoms with E-state index in [9.17, 15) is 4.79 Å². The first-order valence-electron chi connectivity index (χ1n) is 9.39. The summed E-state index contributed by atoms with van der Waals surface area (Å²) in [6, 6.07) is 23.7. The normalized spacial score (nSPS) is 10.7. The fourth-order valence-corrected chi connectivity index (χ4v) is 4.61. The monoisotopic (exact) mass is 524 g/mol. The maximum Gasteiger partial charge on any atom is 0.262 e. The first-order valence-corrected chi connectivity index (χ1v) is 11.0. The molecule has 150 valence electrons. The number of aromatic nitrogens is 1. The van der Waals surface area contributed by atoms with E-state index in [1.807, 2.05) is 60.7 Å². The number of hydrogen-bond donors (Lipinski definition) is 1. The molecule has 0 bridgehead atoms. The van der Waals surface area contributed by atoms with E-state index in [4.69, 9.17) is 4.74 Å². The lowest BCUT2D eigenvalue weighted by Gasteiger charge is -2.14. The average molecular weight is 526 g/mol. The molecule has 1 heterocycles. The van der Waals surface area contributed by atoms with E-state index < -0.39 is 0 Å². The van der Waals surface area contributed by atoms with Crippen LogP contribution in [0, 0.1) is 0 Å². The summed E-state index contributed by atoms with van der Waals surface area (Å²) < 4.78 is 7.50. The zero-order chi connectivity index (χ0) is 20.9. The first-order chi connectivity index (χ1) is 14.6. The molecule has 6 heteroatoms. The summed E-state index contributed by atoms with van der Waals surface area (Å²) in [6.45, 7) is -0.119. The van der Waals surface area contributed by atoms with Gasteiger partial charge >= 0.3 is 0 Å². The number of carbonyl (C=O) groups excluding carboxylic acids is 1. The fraction of sp³-hybridized carbons (Fsp3) is 0.0833. The van der Waals surface area contributed by atoms with Crippen LogP contribution in [0.2, 0.25) is 0 Å². The summed E-state index contributed by atoms with van der Waals surface area (Å²) in [6.07, 6.45) is 2.44. The predicted octanol–water partition coefficient (Wildman–Crippen LogP) is 6.37. The Morgan fingerprint density at radius 1 is 0.933 bits per heavy atom. The Morgan fingerprint density at radius 3 is 2.53 bits per heavy atom. The van der Waals surface area contributed by atoms with E-state index in [0.717, 1.165) is 32.0 Å². The van der Waals surface area contributed by atoms with Crippen LogP contribution in [0.15, 0.2) is 87.9 Å². The Balaban J connectivity index is 1.49. The van der Waals surface area contributed by atoms with Gasteiger partial charge in [0.1, 0.15) is 5.52 Å². The van der Waals surface area contributed by atoms with E-state index in [-0.39, 0.29) is 12.5 Å². The average Bonchev–Trinajstić information content (AvgIpc) is 2.76. The number of hydrogen-bond acceptors (Lipinski definition) is 3. The largest absolute Gasteiger partial charge is 0.480 e. The number of carbonyl (C=O) groups is 1. The van der Waals surface area contributed by atoms with Gasteiger partial charge < -0.3 is 10.1 Å². The highest BCUT2D eigenvalue weighted by molar-refractivity contribution is 9.11. The van der Waals surface area contributed by atoms with Crippen molar-refractivity contribution in [1.29, 1.82) is 0 Å². The molecule has 0 spiro atoms. The molecule has 30 heavy (non-hydrogen) atoms. The Morgan fingerprint density at radius 2 is 1.70 bits per heavy atom. The summed E-state index contributed by atoms with van der Waals surface area (Å²) >= 11 is 7.04. The lowest BCUT2D eigenvalue weighted by atomic mass is 10.0. The van der Waals surface area contributed by atoms with Gasteiger partial charge in [-0.1, -0.05) is 70.5 Å². The van der Waals surface area contributed by atoms with Crippen molar-refractivity contribution >= 4 is 54.4 Å². The number of benzene rings is 3. The lowest BCUT2D eigenvalue weighted by molar-refractivity contribution is -0.118. The second kappa shape index (κ2) is 9.41. The number of nitrogens with zero attached hydrogens (tertiary/aromatic N) is 1. The van der Waals surface area contributed by atoms with E-state index in [1.165, 1.54) is 5.56 Å². The van der Waals surface area contributed by atoms with Crippen LogP contribution in [0.3, 0.4) is 0 Å². The minimum atomic E-state index is -0.227. The topological polar surface area (TPSA) is 51.2 Å². The van der Waals surface area contributed by atoms with Crippen molar-refractivity contribution in [3.63, 3.8) is 0 Å². The van der Waals surface area contributed by atoms with Gasteiger partial charge in [-0.05, 0) is 51.7 Å². The van der Waals surface area contributed by atoms with Gasteiger partial charge in [0.25, 0.3) is 5.91 Å². The molecule has 0 saturated carbocycles. The maximum atomic E-state index is 12.6. The molecule has 1 N–H and O–H groups in total. The quantitative estimate of drug-likeness (QED) is 0.318. The number of rotatable bonds is 6. The van der Waals surface area contributed by atoms with Gasteiger partial charge in [0.15, 0.2) is 12.4 Å². The number of amides is 1. The van der Waals surface area contributed by atoms with E-state index in [1.54, 1.807) is 6.20 Å².